The zero-order valence-electron chi connectivity index (χ0n) is 19.7. The number of alkyl carbamates (subject to hydrolysis) is 1. The number of carbonyl (C=O) groups is 1. The molecule has 1 fully saturated rings. The van der Waals surface area contributed by atoms with Crippen LogP contribution in [0.5, 0.6) is 0 Å². The Morgan fingerprint density at radius 2 is 1.88 bits per heavy atom. The molecule has 3 aromatic rings. The molecule has 4 rings (SSSR count). The van der Waals surface area contributed by atoms with E-state index in [0.717, 1.165) is 16.7 Å². The number of carbonyl (C=O) groups excluding carboxylic acids is 1. The van der Waals surface area contributed by atoms with E-state index in [1.807, 2.05) is 36.1 Å². The minimum atomic E-state index is -0.475. The van der Waals surface area contributed by atoms with Crippen LogP contribution in [0.15, 0.2) is 53.3 Å². The van der Waals surface area contributed by atoms with Gasteiger partial charge in [-0.25, -0.2) is 14.2 Å². The zero-order valence-corrected chi connectivity index (χ0v) is 19.7. The van der Waals surface area contributed by atoms with Crippen molar-refractivity contribution in [2.75, 3.05) is 24.6 Å². The maximum atomic E-state index is 14.9. The zero-order chi connectivity index (χ0) is 24.2. The standard InChI is InChI=1S/C26H29FN4O3/c1-4-34-26(33)28-19-11-13-30(14-12-19)23-16-24(32)31(22-10-9-17(2)15-21(22)27)25(29-23)20-8-6-5-7-18(20)3/h5-10,15-16,19H,4,11-14H2,1-3H3,(H,28,33). The van der Waals surface area contributed by atoms with Gasteiger partial charge in [0.25, 0.3) is 5.56 Å². The van der Waals surface area contributed by atoms with Crippen molar-refractivity contribution in [1.82, 2.24) is 14.9 Å². The number of ether oxygens (including phenoxy) is 1. The molecule has 1 aromatic heterocycles. The van der Waals surface area contributed by atoms with E-state index in [9.17, 15) is 14.0 Å². The van der Waals surface area contributed by atoms with Crippen molar-refractivity contribution in [3.8, 4) is 17.1 Å². The average molecular weight is 465 g/mol. The molecule has 34 heavy (non-hydrogen) atoms. The maximum absolute atomic E-state index is 14.9. The number of piperidine rings is 1. The SMILES string of the molecule is CCOC(=O)NC1CCN(c2cc(=O)n(-c3ccc(C)cc3F)c(-c3ccccc3C)n2)CC1. The summed E-state index contributed by atoms with van der Waals surface area (Å²) in [5.74, 6) is 0.467. The molecule has 1 N–H and O–H groups in total. The fourth-order valence-electron chi connectivity index (χ4n) is 4.26. The summed E-state index contributed by atoms with van der Waals surface area (Å²) in [5, 5.41) is 2.87. The third-order valence-corrected chi connectivity index (χ3v) is 6.05. The monoisotopic (exact) mass is 464 g/mol. The van der Waals surface area contributed by atoms with Crippen LogP contribution < -0.4 is 15.8 Å². The molecule has 0 spiro atoms. The second kappa shape index (κ2) is 10.1. The number of hydrogen-bond donors (Lipinski definition) is 1. The van der Waals surface area contributed by atoms with Crippen molar-refractivity contribution in [3.63, 3.8) is 0 Å². The number of aryl methyl sites for hydroxylation is 2. The van der Waals surface area contributed by atoms with E-state index in [-0.39, 0.29) is 17.3 Å². The fraction of sp³-hybridized carbons (Fsp3) is 0.346. The molecule has 1 aliphatic heterocycles. The lowest BCUT2D eigenvalue weighted by Gasteiger charge is -2.33. The van der Waals surface area contributed by atoms with E-state index in [2.05, 4.69) is 5.32 Å². The lowest BCUT2D eigenvalue weighted by molar-refractivity contribution is 0.146. The van der Waals surface area contributed by atoms with Crippen molar-refractivity contribution in [2.45, 2.75) is 39.7 Å². The van der Waals surface area contributed by atoms with E-state index < -0.39 is 11.9 Å². The van der Waals surface area contributed by atoms with Crippen LogP contribution in [0.3, 0.4) is 0 Å². The molecular formula is C26H29FN4O3. The smallest absolute Gasteiger partial charge is 0.407 e. The number of nitrogens with one attached hydrogen (secondary N) is 1. The number of aromatic nitrogens is 2. The minimum absolute atomic E-state index is 0.00756. The highest BCUT2D eigenvalue weighted by molar-refractivity contribution is 5.67. The summed E-state index contributed by atoms with van der Waals surface area (Å²) in [7, 11) is 0. The van der Waals surface area contributed by atoms with Crippen molar-refractivity contribution < 1.29 is 13.9 Å². The molecule has 1 saturated heterocycles. The molecule has 8 heteroatoms. The molecule has 0 aliphatic carbocycles. The summed E-state index contributed by atoms with van der Waals surface area (Å²) < 4.78 is 21.2. The summed E-state index contributed by atoms with van der Waals surface area (Å²) >= 11 is 0. The van der Waals surface area contributed by atoms with Crippen LogP contribution in [-0.4, -0.2) is 41.4 Å². The van der Waals surface area contributed by atoms with Gasteiger partial charge in [-0.2, -0.15) is 0 Å². The Labute approximate surface area is 198 Å². The first-order valence-corrected chi connectivity index (χ1v) is 11.5. The third-order valence-electron chi connectivity index (χ3n) is 6.05. The van der Waals surface area contributed by atoms with Gasteiger partial charge in [-0.3, -0.25) is 9.36 Å². The molecule has 1 aliphatic rings. The molecule has 1 amide bonds. The third kappa shape index (κ3) is 4.95. The van der Waals surface area contributed by atoms with Crippen LogP contribution in [0.1, 0.15) is 30.9 Å². The van der Waals surface area contributed by atoms with E-state index >= 15 is 0 Å². The molecule has 2 heterocycles. The number of benzene rings is 2. The summed E-state index contributed by atoms with van der Waals surface area (Å²) in [6.07, 6.45) is 0.995. The van der Waals surface area contributed by atoms with Gasteiger partial charge in [-0.15, -0.1) is 0 Å². The van der Waals surface area contributed by atoms with Crippen LogP contribution >= 0.6 is 0 Å². The largest absolute Gasteiger partial charge is 0.450 e. The van der Waals surface area contributed by atoms with Crippen molar-refractivity contribution >= 4 is 11.9 Å². The van der Waals surface area contributed by atoms with Crippen LogP contribution in [-0.2, 0) is 4.74 Å². The van der Waals surface area contributed by atoms with Crippen molar-refractivity contribution in [2.24, 2.45) is 0 Å². The van der Waals surface area contributed by atoms with Gasteiger partial charge in [0.1, 0.15) is 17.5 Å². The minimum Gasteiger partial charge on any atom is -0.450 e. The van der Waals surface area contributed by atoms with Crippen LogP contribution in [0.25, 0.3) is 17.1 Å². The Bertz CT molecular complexity index is 1250. The highest BCUT2D eigenvalue weighted by Crippen LogP contribution is 2.27. The Morgan fingerprint density at radius 3 is 2.56 bits per heavy atom. The van der Waals surface area contributed by atoms with Crippen molar-refractivity contribution in [3.05, 3.63) is 75.8 Å². The van der Waals surface area contributed by atoms with E-state index in [0.29, 0.717) is 44.2 Å². The molecule has 178 valence electrons. The second-order valence-electron chi connectivity index (χ2n) is 8.51. The molecule has 7 nitrogen and oxygen atoms in total. The number of hydrogen-bond acceptors (Lipinski definition) is 5. The van der Waals surface area contributed by atoms with Crippen LogP contribution in [0, 0.1) is 19.7 Å². The lowest BCUT2D eigenvalue weighted by atomic mass is 10.1. The van der Waals surface area contributed by atoms with Gasteiger partial charge >= 0.3 is 6.09 Å². The molecular weight excluding hydrogens is 435 g/mol. The van der Waals surface area contributed by atoms with E-state index in [1.54, 1.807) is 26.0 Å². The summed E-state index contributed by atoms with van der Waals surface area (Å²) in [5.41, 5.74) is 2.30. The predicted molar refractivity (Wildman–Crippen MR) is 130 cm³/mol. The highest BCUT2D eigenvalue weighted by atomic mass is 19.1. The topological polar surface area (TPSA) is 76.5 Å². The van der Waals surface area contributed by atoms with Gasteiger partial charge < -0.3 is 15.0 Å². The predicted octanol–water partition coefficient (Wildman–Crippen LogP) is 4.37. The van der Waals surface area contributed by atoms with Gasteiger partial charge in [0.2, 0.25) is 0 Å². The van der Waals surface area contributed by atoms with Crippen molar-refractivity contribution in [1.29, 1.82) is 0 Å². The maximum Gasteiger partial charge on any atom is 0.407 e. The lowest BCUT2D eigenvalue weighted by Crippen LogP contribution is -2.45. The Balaban J connectivity index is 1.71. The first-order valence-electron chi connectivity index (χ1n) is 11.5. The Kier molecular flexibility index (Phi) is 6.95. The molecule has 0 atom stereocenters. The number of rotatable bonds is 5. The number of anilines is 1. The van der Waals surface area contributed by atoms with Crippen LogP contribution in [0.4, 0.5) is 15.0 Å². The number of amides is 1. The fourth-order valence-corrected chi connectivity index (χ4v) is 4.26. The summed E-state index contributed by atoms with van der Waals surface area (Å²) in [6, 6.07) is 13.9. The summed E-state index contributed by atoms with van der Waals surface area (Å²) in [6.45, 7) is 7.09. The van der Waals surface area contributed by atoms with Gasteiger partial charge in [0.05, 0.1) is 12.3 Å². The van der Waals surface area contributed by atoms with E-state index in [1.165, 1.54) is 16.7 Å². The van der Waals surface area contributed by atoms with Gasteiger partial charge in [0, 0.05) is 30.8 Å². The summed E-state index contributed by atoms with van der Waals surface area (Å²) in [4.78, 5) is 32.0. The second-order valence-corrected chi connectivity index (χ2v) is 8.51. The van der Waals surface area contributed by atoms with Gasteiger partial charge in [-0.05, 0) is 56.9 Å². The first kappa shape index (κ1) is 23.5. The van der Waals surface area contributed by atoms with E-state index in [4.69, 9.17) is 9.72 Å². The quantitative estimate of drug-likeness (QED) is 0.607. The Morgan fingerprint density at radius 1 is 1.15 bits per heavy atom. The first-order chi connectivity index (χ1) is 16.4. The molecule has 0 unspecified atom stereocenters. The highest BCUT2D eigenvalue weighted by Gasteiger charge is 2.24. The molecule has 0 saturated carbocycles. The molecule has 2 aromatic carbocycles. The average Bonchev–Trinajstić information content (AvgIpc) is 2.80. The molecule has 0 radical (unpaired) electrons. The molecule has 0 bridgehead atoms. The van der Waals surface area contributed by atoms with Gasteiger partial charge in [0.15, 0.2) is 0 Å². The number of halogens is 1. The number of nitrogens with zero attached hydrogens (tertiary/aromatic N) is 3. The Hall–Kier alpha value is -3.68. The van der Waals surface area contributed by atoms with Crippen LogP contribution in [0.2, 0.25) is 0 Å². The van der Waals surface area contributed by atoms with Gasteiger partial charge in [-0.1, -0.05) is 30.3 Å². The normalized spacial score (nSPS) is 14.2.